The van der Waals surface area contributed by atoms with Gasteiger partial charge in [0.25, 0.3) is 0 Å². The molecule has 1 N–H and O–H groups in total. The van der Waals surface area contributed by atoms with E-state index in [-0.39, 0.29) is 5.97 Å². The van der Waals surface area contributed by atoms with Crippen LogP contribution in [0.2, 0.25) is 0 Å². The Balaban J connectivity index is 2.24. The summed E-state index contributed by atoms with van der Waals surface area (Å²) >= 11 is 0. The standard InChI is InChI=1S/C11H11N3O2/c1-2-16-11(15)4-3-9-8-5-6-12-7-10(8)14-13-9/h3-7H,2H2,1H3,(H,13,14)/b4-3+. The van der Waals surface area contributed by atoms with Crippen molar-refractivity contribution in [3.8, 4) is 0 Å². The van der Waals surface area contributed by atoms with Gasteiger partial charge < -0.3 is 4.74 Å². The maximum absolute atomic E-state index is 11.1. The highest BCUT2D eigenvalue weighted by molar-refractivity contribution is 5.92. The zero-order valence-corrected chi connectivity index (χ0v) is 8.80. The number of aromatic amines is 1. The number of fused-ring (bicyclic) bond motifs is 1. The van der Waals surface area contributed by atoms with Gasteiger partial charge in [-0.05, 0) is 19.1 Å². The Morgan fingerprint density at radius 2 is 2.50 bits per heavy atom. The van der Waals surface area contributed by atoms with E-state index in [4.69, 9.17) is 4.74 Å². The van der Waals surface area contributed by atoms with E-state index in [1.807, 2.05) is 6.07 Å². The number of hydrogen-bond donors (Lipinski definition) is 1. The third kappa shape index (κ3) is 2.08. The molecule has 0 radical (unpaired) electrons. The highest BCUT2D eigenvalue weighted by Gasteiger charge is 2.02. The normalized spacial score (nSPS) is 11.1. The molecule has 0 saturated heterocycles. The molecular weight excluding hydrogens is 206 g/mol. The number of nitrogens with one attached hydrogen (secondary N) is 1. The first-order chi connectivity index (χ1) is 7.81. The number of carbonyl (C=O) groups excluding carboxylic acids is 1. The average Bonchev–Trinajstić information content (AvgIpc) is 2.70. The SMILES string of the molecule is CCOC(=O)/C=C/c1n[nH]c2cnccc12. The molecule has 0 aliphatic rings. The van der Waals surface area contributed by atoms with Gasteiger partial charge in [0.2, 0.25) is 0 Å². The van der Waals surface area contributed by atoms with Crippen LogP contribution in [0.15, 0.2) is 24.5 Å². The van der Waals surface area contributed by atoms with Gasteiger partial charge in [-0.25, -0.2) is 4.79 Å². The average molecular weight is 217 g/mol. The van der Waals surface area contributed by atoms with Gasteiger partial charge in [-0.3, -0.25) is 10.1 Å². The van der Waals surface area contributed by atoms with Crippen molar-refractivity contribution in [2.45, 2.75) is 6.92 Å². The first-order valence-corrected chi connectivity index (χ1v) is 4.94. The predicted octanol–water partition coefficient (Wildman–Crippen LogP) is 1.53. The third-order valence-corrected chi connectivity index (χ3v) is 2.06. The number of aromatic nitrogens is 3. The lowest BCUT2D eigenvalue weighted by molar-refractivity contribution is -0.137. The number of H-pyrrole nitrogens is 1. The van der Waals surface area contributed by atoms with Gasteiger partial charge in [0.05, 0.1) is 24.0 Å². The molecule has 0 aromatic carbocycles. The van der Waals surface area contributed by atoms with Crippen LogP contribution in [0, 0.1) is 0 Å². The summed E-state index contributed by atoms with van der Waals surface area (Å²) < 4.78 is 4.78. The van der Waals surface area contributed by atoms with Crippen molar-refractivity contribution in [1.29, 1.82) is 0 Å². The van der Waals surface area contributed by atoms with E-state index in [1.165, 1.54) is 6.08 Å². The third-order valence-electron chi connectivity index (χ3n) is 2.06. The van der Waals surface area contributed by atoms with Crippen molar-refractivity contribution >= 4 is 22.9 Å². The number of carbonyl (C=O) groups is 1. The predicted molar refractivity (Wildman–Crippen MR) is 59.6 cm³/mol. The van der Waals surface area contributed by atoms with Gasteiger partial charge in [0, 0.05) is 17.7 Å². The Labute approximate surface area is 92.1 Å². The number of rotatable bonds is 3. The summed E-state index contributed by atoms with van der Waals surface area (Å²) in [5.74, 6) is -0.368. The van der Waals surface area contributed by atoms with Crippen LogP contribution in [-0.4, -0.2) is 27.8 Å². The number of pyridine rings is 1. The highest BCUT2D eigenvalue weighted by atomic mass is 16.5. The zero-order chi connectivity index (χ0) is 11.4. The van der Waals surface area contributed by atoms with Gasteiger partial charge in [-0.15, -0.1) is 0 Å². The molecule has 2 aromatic heterocycles. The fourth-order valence-corrected chi connectivity index (χ4v) is 1.35. The summed E-state index contributed by atoms with van der Waals surface area (Å²) in [6.45, 7) is 2.13. The zero-order valence-electron chi connectivity index (χ0n) is 8.80. The van der Waals surface area contributed by atoms with Crippen molar-refractivity contribution in [3.05, 3.63) is 30.2 Å². The molecule has 16 heavy (non-hydrogen) atoms. The van der Waals surface area contributed by atoms with Gasteiger partial charge in [-0.1, -0.05) is 0 Å². The molecule has 0 amide bonds. The van der Waals surface area contributed by atoms with E-state index in [2.05, 4.69) is 15.2 Å². The molecule has 82 valence electrons. The maximum atomic E-state index is 11.1. The topological polar surface area (TPSA) is 67.9 Å². The van der Waals surface area contributed by atoms with E-state index >= 15 is 0 Å². The van der Waals surface area contributed by atoms with E-state index in [1.54, 1.807) is 25.4 Å². The molecular formula is C11H11N3O2. The van der Waals surface area contributed by atoms with Crippen LogP contribution in [0.4, 0.5) is 0 Å². The summed E-state index contributed by atoms with van der Waals surface area (Å²) in [7, 11) is 0. The Morgan fingerprint density at radius 1 is 1.62 bits per heavy atom. The smallest absolute Gasteiger partial charge is 0.330 e. The molecule has 5 nitrogen and oxygen atoms in total. The van der Waals surface area contributed by atoms with Gasteiger partial charge >= 0.3 is 5.97 Å². The molecule has 0 aliphatic carbocycles. The Bertz CT molecular complexity index is 531. The second-order valence-corrected chi connectivity index (χ2v) is 3.12. The van der Waals surface area contributed by atoms with Crippen molar-refractivity contribution in [2.75, 3.05) is 6.61 Å². The molecule has 0 unspecified atom stereocenters. The van der Waals surface area contributed by atoms with Crippen LogP contribution in [0.25, 0.3) is 17.0 Å². The molecule has 0 atom stereocenters. The van der Waals surface area contributed by atoms with E-state index in [9.17, 15) is 4.79 Å². The Kier molecular flexibility index (Phi) is 2.95. The van der Waals surface area contributed by atoms with Crippen LogP contribution in [0.3, 0.4) is 0 Å². The lowest BCUT2D eigenvalue weighted by Crippen LogP contribution is -1.98. The van der Waals surface area contributed by atoms with Crippen molar-refractivity contribution in [2.24, 2.45) is 0 Å². The minimum atomic E-state index is -0.368. The molecule has 0 saturated carbocycles. The molecule has 0 bridgehead atoms. The monoisotopic (exact) mass is 217 g/mol. The summed E-state index contributed by atoms with van der Waals surface area (Å²) in [5, 5.41) is 7.82. The quantitative estimate of drug-likeness (QED) is 0.625. The molecule has 0 fully saturated rings. The maximum Gasteiger partial charge on any atom is 0.330 e. The summed E-state index contributed by atoms with van der Waals surface area (Å²) in [6.07, 6.45) is 6.35. The number of hydrogen-bond acceptors (Lipinski definition) is 4. The van der Waals surface area contributed by atoms with Gasteiger partial charge in [-0.2, -0.15) is 5.10 Å². The highest BCUT2D eigenvalue weighted by Crippen LogP contribution is 2.14. The second-order valence-electron chi connectivity index (χ2n) is 3.12. The molecule has 2 heterocycles. The van der Waals surface area contributed by atoms with Crippen LogP contribution in [-0.2, 0) is 9.53 Å². The van der Waals surface area contributed by atoms with Crippen LogP contribution in [0.5, 0.6) is 0 Å². The first-order valence-electron chi connectivity index (χ1n) is 4.94. The van der Waals surface area contributed by atoms with E-state index < -0.39 is 0 Å². The first kappa shape index (κ1) is 10.4. The molecule has 5 heteroatoms. The van der Waals surface area contributed by atoms with Crippen LogP contribution >= 0.6 is 0 Å². The Morgan fingerprint density at radius 3 is 3.31 bits per heavy atom. The fraction of sp³-hybridized carbons (Fsp3) is 0.182. The lowest BCUT2D eigenvalue weighted by atomic mass is 10.2. The summed E-state index contributed by atoms with van der Waals surface area (Å²) in [4.78, 5) is 15.1. The van der Waals surface area contributed by atoms with Crippen LogP contribution < -0.4 is 0 Å². The van der Waals surface area contributed by atoms with Crippen LogP contribution in [0.1, 0.15) is 12.6 Å². The molecule has 0 aliphatic heterocycles. The Hall–Kier alpha value is -2.17. The van der Waals surface area contributed by atoms with Gasteiger partial charge in [0.1, 0.15) is 0 Å². The largest absolute Gasteiger partial charge is 0.463 e. The minimum absolute atomic E-state index is 0.368. The van der Waals surface area contributed by atoms with E-state index in [0.717, 1.165) is 10.9 Å². The number of ether oxygens (including phenoxy) is 1. The number of esters is 1. The minimum Gasteiger partial charge on any atom is -0.463 e. The molecule has 2 rings (SSSR count). The number of nitrogens with zero attached hydrogens (tertiary/aromatic N) is 2. The van der Waals surface area contributed by atoms with Gasteiger partial charge in [0.15, 0.2) is 0 Å². The lowest BCUT2D eigenvalue weighted by Gasteiger charge is -1.93. The van der Waals surface area contributed by atoms with Crippen molar-refractivity contribution in [3.63, 3.8) is 0 Å². The van der Waals surface area contributed by atoms with E-state index in [0.29, 0.717) is 12.3 Å². The second kappa shape index (κ2) is 4.57. The fourth-order valence-electron chi connectivity index (χ4n) is 1.35. The molecule has 2 aromatic rings. The summed E-state index contributed by atoms with van der Waals surface area (Å²) in [5.41, 5.74) is 1.54. The van der Waals surface area contributed by atoms with Crippen molar-refractivity contribution in [1.82, 2.24) is 15.2 Å². The summed E-state index contributed by atoms with van der Waals surface area (Å²) in [6, 6.07) is 1.84. The molecule has 0 spiro atoms. The van der Waals surface area contributed by atoms with Crippen molar-refractivity contribution < 1.29 is 9.53 Å².